The van der Waals surface area contributed by atoms with Crippen LogP contribution in [-0.2, 0) is 6.42 Å². The van der Waals surface area contributed by atoms with Crippen LogP contribution in [0.25, 0.3) is 22.0 Å². The number of anilines is 1. The summed E-state index contributed by atoms with van der Waals surface area (Å²) >= 11 is 0. The number of benzene rings is 2. The highest BCUT2D eigenvalue weighted by atomic mass is 15.3. The van der Waals surface area contributed by atoms with Gasteiger partial charge in [0, 0.05) is 43.7 Å². The molecule has 0 spiro atoms. The minimum atomic E-state index is 1.04. The van der Waals surface area contributed by atoms with Gasteiger partial charge in [-0.05, 0) is 43.1 Å². The molecule has 4 heteroatoms. The molecule has 2 aromatic carbocycles. The molecule has 3 aromatic rings. The van der Waals surface area contributed by atoms with Crippen molar-refractivity contribution in [1.82, 2.24) is 14.8 Å². The quantitative estimate of drug-likeness (QED) is 0.519. The van der Waals surface area contributed by atoms with Crippen LogP contribution in [0.15, 0.2) is 54.6 Å². The molecule has 2 heterocycles. The van der Waals surface area contributed by atoms with E-state index in [4.69, 9.17) is 4.98 Å². The summed E-state index contributed by atoms with van der Waals surface area (Å²) in [5.41, 5.74) is 3.67. The zero-order valence-corrected chi connectivity index (χ0v) is 19.3. The minimum absolute atomic E-state index is 1.04. The number of fused-ring (bicyclic) bond motifs is 1. The predicted molar refractivity (Wildman–Crippen MR) is 133 cm³/mol. The fraction of sp³-hybridized carbons (Fsp3) is 0.444. The van der Waals surface area contributed by atoms with Gasteiger partial charge in [0.15, 0.2) is 0 Å². The maximum absolute atomic E-state index is 5.18. The fourth-order valence-corrected chi connectivity index (χ4v) is 4.51. The summed E-state index contributed by atoms with van der Waals surface area (Å²) in [5.74, 6) is 1.13. The summed E-state index contributed by atoms with van der Waals surface area (Å²) in [5, 5.41) is 2.53. The molecular formula is C27H36N4. The van der Waals surface area contributed by atoms with Gasteiger partial charge < -0.3 is 14.7 Å². The molecule has 0 atom stereocenters. The van der Waals surface area contributed by atoms with Crippen molar-refractivity contribution in [3.63, 3.8) is 0 Å². The van der Waals surface area contributed by atoms with E-state index < -0.39 is 0 Å². The number of likely N-dealkylation sites (N-methyl/N-ethyl adjacent to an activating group) is 2. The first-order valence-corrected chi connectivity index (χ1v) is 11.9. The lowest BCUT2D eigenvalue weighted by atomic mass is 10.0. The van der Waals surface area contributed by atoms with Crippen molar-refractivity contribution in [2.75, 3.05) is 57.3 Å². The first-order chi connectivity index (χ1) is 15.2. The summed E-state index contributed by atoms with van der Waals surface area (Å²) in [6.45, 7) is 15.5. The van der Waals surface area contributed by atoms with E-state index in [0.29, 0.717) is 0 Å². The van der Waals surface area contributed by atoms with Crippen LogP contribution in [0.3, 0.4) is 0 Å². The van der Waals surface area contributed by atoms with Crippen molar-refractivity contribution in [3.8, 4) is 11.3 Å². The third kappa shape index (κ3) is 5.08. The van der Waals surface area contributed by atoms with Gasteiger partial charge in [-0.3, -0.25) is 0 Å². The SMILES string of the molecule is CCN(CC)CCc1ccc(-c2cc3ccccc3c(N3CCN(CC)CC3)n2)cc1. The van der Waals surface area contributed by atoms with Crippen LogP contribution in [0.4, 0.5) is 5.82 Å². The minimum Gasteiger partial charge on any atom is -0.354 e. The monoisotopic (exact) mass is 416 g/mol. The molecule has 31 heavy (non-hydrogen) atoms. The first-order valence-electron chi connectivity index (χ1n) is 11.9. The largest absolute Gasteiger partial charge is 0.354 e. The molecule has 0 bridgehead atoms. The van der Waals surface area contributed by atoms with E-state index in [0.717, 1.165) is 70.3 Å². The first kappa shape index (κ1) is 21.8. The Labute approximate surface area is 187 Å². The van der Waals surface area contributed by atoms with Gasteiger partial charge in [0.25, 0.3) is 0 Å². The predicted octanol–water partition coefficient (Wildman–Crippen LogP) is 4.93. The van der Waals surface area contributed by atoms with Gasteiger partial charge in [-0.15, -0.1) is 0 Å². The highest BCUT2D eigenvalue weighted by Crippen LogP contribution is 2.30. The highest BCUT2D eigenvalue weighted by molar-refractivity contribution is 5.95. The second kappa shape index (κ2) is 10.3. The summed E-state index contributed by atoms with van der Waals surface area (Å²) < 4.78 is 0. The molecule has 0 saturated carbocycles. The Morgan fingerprint density at radius 2 is 1.58 bits per heavy atom. The van der Waals surface area contributed by atoms with Crippen molar-refractivity contribution in [2.24, 2.45) is 0 Å². The van der Waals surface area contributed by atoms with Gasteiger partial charge in [-0.2, -0.15) is 0 Å². The molecule has 164 valence electrons. The molecule has 0 radical (unpaired) electrons. The summed E-state index contributed by atoms with van der Waals surface area (Å²) in [4.78, 5) is 12.6. The van der Waals surface area contributed by atoms with Gasteiger partial charge in [-0.1, -0.05) is 69.3 Å². The number of hydrogen-bond donors (Lipinski definition) is 0. The molecule has 4 rings (SSSR count). The van der Waals surface area contributed by atoms with E-state index in [9.17, 15) is 0 Å². The molecule has 1 fully saturated rings. The molecular weight excluding hydrogens is 380 g/mol. The molecule has 0 unspecified atom stereocenters. The lowest BCUT2D eigenvalue weighted by molar-refractivity contribution is 0.271. The van der Waals surface area contributed by atoms with E-state index in [1.165, 1.54) is 21.9 Å². The smallest absolute Gasteiger partial charge is 0.137 e. The van der Waals surface area contributed by atoms with Crippen LogP contribution in [0.2, 0.25) is 0 Å². The summed E-state index contributed by atoms with van der Waals surface area (Å²) in [6.07, 6.45) is 1.10. The molecule has 4 nitrogen and oxygen atoms in total. The third-order valence-corrected chi connectivity index (χ3v) is 6.70. The molecule has 1 aliphatic rings. The summed E-state index contributed by atoms with van der Waals surface area (Å²) in [7, 11) is 0. The Morgan fingerprint density at radius 3 is 2.26 bits per heavy atom. The molecule has 1 saturated heterocycles. The van der Waals surface area contributed by atoms with Gasteiger partial charge in [0.1, 0.15) is 5.82 Å². The molecule has 0 amide bonds. The highest BCUT2D eigenvalue weighted by Gasteiger charge is 2.19. The fourth-order valence-electron chi connectivity index (χ4n) is 4.51. The topological polar surface area (TPSA) is 22.6 Å². The van der Waals surface area contributed by atoms with E-state index in [-0.39, 0.29) is 0 Å². The standard InChI is InChI=1S/C27H36N4/c1-4-29(5-2)16-15-22-11-13-23(14-12-22)26-21-24-9-7-8-10-25(24)27(28-26)31-19-17-30(6-3)18-20-31/h7-14,21H,4-6,15-20H2,1-3H3. The normalized spacial score (nSPS) is 15.2. The Kier molecular flexibility index (Phi) is 7.21. The van der Waals surface area contributed by atoms with E-state index in [2.05, 4.69) is 90.1 Å². The van der Waals surface area contributed by atoms with Gasteiger partial charge in [0.05, 0.1) is 5.69 Å². The van der Waals surface area contributed by atoms with Crippen LogP contribution in [0.1, 0.15) is 26.3 Å². The van der Waals surface area contributed by atoms with Crippen molar-refractivity contribution >= 4 is 16.6 Å². The second-order valence-corrected chi connectivity index (χ2v) is 8.45. The van der Waals surface area contributed by atoms with Crippen molar-refractivity contribution in [1.29, 1.82) is 0 Å². The number of rotatable bonds is 8. The van der Waals surface area contributed by atoms with Crippen LogP contribution >= 0.6 is 0 Å². The van der Waals surface area contributed by atoms with Gasteiger partial charge >= 0.3 is 0 Å². The van der Waals surface area contributed by atoms with Gasteiger partial charge in [0.2, 0.25) is 0 Å². The maximum Gasteiger partial charge on any atom is 0.137 e. The Hall–Kier alpha value is -2.43. The summed E-state index contributed by atoms with van der Waals surface area (Å²) in [6, 6.07) is 20.0. The van der Waals surface area contributed by atoms with Crippen molar-refractivity contribution in [3.05, 3.63) is 60.2 Å². The van der Waals surface area contributed by atoms with E-state index in [1.807, 2.05) is 0 Å². The Balaban J connectivity index is 1.59. The second-order valence-electron chi connectivity index (χ2n) is 8.45. The number of hydrogen-bond acceptors (Lipinski definition) is 4. The number of aromatic nitrogens is 1. The van der Waals surface area contributed by atoms with Crippen LogP contribution in [0, 0.1) is 0 Å². The van der Waals surface area contributed by atoms with Crippen LogP contribution in [-0.4, -0.2) is 67.1 Å². The lowest BCUT2D eigenvalue weighted by Gasteiger charge is -2.35. The third-order valence-electron chi connectivity index (χ3n) is 6.70. The van der Waals surface area contributed by atoms with Crippen LogP contribution < -0.4 is 4.90 Å². The molecule has 1 aliphatic heterocycles. The number of piperazine rings is 1. The molecule has 1 aromatic heterocycles. The number of nitrogens with zero attached hydrogens (tertiary/aromatic N) is 4. The van der Waals surface area contributed by atoms with E-state index >= 15 is 0 Å². The Morgan fingerprint density at radius 1 is 0.871 bits per heavy atom. The van der Waals surface area contributed by atoms with Crippen molar-refractivity contribution in [2.45, 2.75) is 27.2 Å². The number of pyridine rings is 1. The zero-order chi connectivity index (χ0) is 21.6. The van der Waals surface area contributed by atoms with Gasteiger partial charge in [-0.25, -0.2) is 4.98 Å². The lowest BCUT2D eigenvalue weighted by Crippen LogP contribution is -2.46. The van der Waals surface area contributed by atoms with Crippen molar-refractivity contribution < 1.29 is 0 Å². The average molecular weight is 417 g/mol. The molecule has 0 N–H and O–H groups in total. The maximum atomic E-state index is 5.18. The molecule has 0 aliphatic carbocycles. The Bertz CT molecular complexity index is 970. The average Bonchev–Trinajstić information content (AvgIpc) is 2.84. The van der Waals surface area contributed by atoms with Crippen LogP contribution in [0.5, 0.6) is 0 Å². The zero-order valence-electron chi connectivity index (χ0n) is 19.3. The van der Waals surface area contributed by atoms with E-state index in [1.54, 1.807) is 0 Å².